The van der Waals surface area contributed by atoms with Gasteiger partial charge in [-0.05, 0) is 61.6 Å². The third-order valence-corrected chi connectivity index (χ3v) is 4.50. The van der Waals surface area contributed by atoms with Crippen LogP contribution in [0.5, 0.6) is 0 Å². The Morgan fingerprint density at radius 1 is 1.26 bits per heavy atom. The van der Waals surface area contributed by atoms with Crippen LogP contribution >= 0.6 is 11.6 Å². The minimum atomic E-state index is 0.700. The molecule has 0 aromatic heterocycles. The predicted molar refractivity (Wildman–Crippen MR) is 83.5 cm³/mol. The van der Waals surface area contributed by atoms with E-state index in [1.165, 1.54) is 31.3 Å². The van der Waals surface area contributed by atoms with Crippen LogP contribution in [0.25, 0.3) is 5.57 Å². The van der Waals surface area contributed by atoms with Gasteiger partial charge in [0.05, 0.1) is 16.4 Å². The van der Waals surface area contributed by atoms with Gasteiger partial charge in [0.2, 0.25) is 0 Å². The van der Waals surface area contributed by atoms with Crippen LogP contribution in [0.2, 0.25) is 5.02 Å². The molecule has 0 spiro atoms. The minimum absolute atomic E-state index is 0.700. The van der Waals surface area contributed by atoms with Crippen molar-refractivity contribution in [2.24, 2.45) is 5.92 Å². The van der Waals surface area contributed by atoms with E-state index in [1.54, 1.807) is 0 Å². The number of nitrogens with one attached hydrogen (secondary N) is 1. The number of halogens is 1. The number of allylic oxidation sites excluding steroid dienone is 2. The zero-order valence-corrected chi connectivity index (χ0v) is 12.0. The molecular weight excluding hydrogens is 256 g/mol. The molecule has 2 nitrogen and oxygen atoms in total. The van der Waals surface area contributed by atoms with Gasteiger partial charge in [-0.15, -0.1) is 0 Å². The van der Waals surface area contributed by atoms with E-state index < -0.39 is 0 Å². The second kappa shape index (κ2) is 5.46. The maximum atomic E-state index is 6.46. The van der Waals surface area contributed by atoms with Gasteiger partial charge in [-0.1, -0.05) is 23.7 Å². The smallest absolute Gasteiger partial charge is 0.0745 e. The fourth-order valence-electron chi connectivity index (χ4n) is 2.65. The molecule has 0 aliphatic heterocycles. The van der Waals surface area contributed by atoms with Gasteiger partial charge in [0, 0.05) is 6.54 Å². The maximum absolute atomic E-state index is 6.46. The summed E-state index contributed by atoms with van der Waals surface area (Å²) in [5.74, 6) is 0.832. The van der Waals surface area contributed by atoms with Gasteiger partial charge in [0.25, 0.3) is 0 Å². The van der Waals surface area contributed by atoms with E-state index in [9.17, 15) is 0 Å². The first kappa shape index (κ1) is 12.9. The lowest BCUT2D eigenvalue weighted by Crippen LogP contribution is -2.07. The number of anilines is 2. The highest BCUT2D eigenvalue weighted by Gasteiger charge is 2.21. The van der Waals surface area contributed by atoms with E-state index in [-0.39, 0.29) is 0 Å². The summed E-state index contributed by atoms with van der Waals surface area (Å²) in [6, 6.07) is 4.19. The van der Waals surface area contributed by atoms with E-state index in [0.29, 0.717) is 10.7 Å². The van der Waals surface area contributed by atoms with Gasteiger partial charge in [-0.25, -0.2) is 0 Å². The minimum Gasteiger partial charge on any atom is -0.396 e. The Kier molecular flexibility index (Phi) is 3.69. The number of hydrogen-bond donors (Lipinski definition) is 2. The lowest BCUT2D eigenvalue weighted by Gasteiger charge is -2.17. The summed E-state index contributed by atoms with van der Waals surface area (Å²) in [7, 11) is 0. The standard InChI is InChI=1S/C16H21ClN2/c17-15-13(12-4-2-1-3-5-12)8-9-14(16(15)18)19-10-11-6-7-11/h4,8-9,11,19H,1-3,5-7,10,18H2. The van der Waals surface area contributed by atoms with Crippen LogP contribution in [0, 0.1) is 5.92 Å². The van der Waals surface area contributed by atoms with E-state index in [1.807, 2.05) is 0 Å². The van der Waals surface area contributed by atoms with Crippen LogP contribution in [0.4, 0.5) is 11.4 Å². The SMILES string of the molecule is Nc1c(NCC2CC2)ccc(C2=CCCCC2)c1Cl. The van der Waals surface area contributed by atoms with Crippen LogP contribution in [0.3, 0.4) is 0 Å². The molecule has 0 bridgehead atoms. The molecule has 3 rings (SSSR count). The molecule has 0 saturated heterocycles. The van der Waals surface area contributed by atoms with Gasteiger partial charge >= 0.3 is 0 Å². The molecule has 1 saturated carbocycles. The maximum Gasteiger partial charge on any atom is 0.0745 e. The van der Waals surface area contributed by atoms with Crippen molar-refractivity contribution in [3.05, 3.63) is 28.8 Å². The Balaban J connectivity index is 1.82. The molecule has 3 N–H and O–H groups in total. The summed E-state index contributed by atoms with van der Waals surface area (Å²) >= 11 is 6.46. The van der Waals surface area contributed by atoms with E-state index in [0.717, 1.165) is 36.6 Å². The summed E-state index contributed by atoms with van der Waals surface area (Å²) in [6.45, 7) is 1.02. The average Bonchev–Trinajstić information content (AvgIpc) is 3.26. The number of rotatable bonds is 4. The molecule has 0 heterocycles. The summed E-state index contributed by atoms with van der Waals surface area (Å²) in [6.07, 6.45) is 9.81. The normalized spacial score (nSPS) is 19.1. The third-order valence-electron chi connectivity index (χ3n) is 4.09. The highest BCUT2D eigenvalue weighted by atomic mass is 35.5. The van der Waals surface area contributed by atoms with Crippen molar-refractivity contribution in [3.63, 3.8) is 0 Å². The first-order valence-electron chi connectivity index (χ1n) is 7.27. The molecule has 0 amide bonds. The van der Waals surface area contributed by atoms with Gasteiger partial charge in [0.1, 0.15) is 0 Å². The van der Waals surface area contributed by atoms with E-state index in [4.69, 9.17) is 17.3 Å². The van der Waals surface area contributed by atoms with Crippen molar-refractivity contribution < 1.29 is 0 Å². The molecule has 102 valence electrons. The quantitative estimate of drug-likeness (QED) is 0.782. The molecule has 0 unspecified atom stereocenters. The van der Waals surface area contributed by atoms with Crippen LogP contribution in [-0.2, 0) is 0 Å². The van der Waals surface area contributed by atoms with Crippen LogP contribution in [-0.4, -0.2) is 6.54 Å². The van der Waals surface area contributed by atoms with Crippen molar-refractivity contribution in [2.45, 2.75) is 38.5 Å². The summed E-state index contributed by atoms with van der Waals surface area (Å²) in [5.41, 5.74) is 10.3. The molecule has 0 radical (unpaired) electrons. The number of hydrogen-bond acceptors (Lipinski definition) is 2. The third kappa shape index (κ3) is 2.89. The molecule has 1 fully saturated rings. The molecule has 3 heteroatoms. The highest BCUT2D eigenvalue weighted by molar-refractivity contribution is 6.35. The van der Waals surface area contributed by atoms with Crippen molar-refractivity contribution >= 4 is 28.5 Å². The van der Waals surface area contributed by atoms with Crippen molar-refractivity contribution in [2.75, 3.05) is 17.6 Å². The summed E-state index contributed by atoms with van der Waals surface area (Å²) < 4.78 is 0. The number of nitrogens with two attached hydrogens (primary N) is 1. The highest BCUT2D eigenvalue weighted by Crippen LogP contribution is 2.38. The average molecular weight is 277 g/mol. The summed E-state index contributed by atoms with van der Waals surface area (Å²) in [4.78, 5) is 0. The second-order valence-electron chi connectivity index (χ2n) is 5.69. The zero-order valence-electron chi connectivity index (χ0n) is 11.2. The lowest BCUT2D eigenvalue weighted by molar-refractivity contribution is 0.742. The Morgan fingerprint density at radius 2 is 2.11 bits per heavy atom. The predicted octanol–water partition coefficient (Wildman–Crippen LogP) is 4.70. The molecule has 1 aromatic carbocycles. The summed E-state index contributed by atoms with van der Waals surface area (Å²) in [5, 5.41) is 4.13. The van der Waals surface area contributed by atoms with E-state index in [2.05, 4.69) is 23.5 Å². The van der Waals surface area contributed by atoms with Crippen molar-refractivity contribution in [3.8, 4) is 0 Å². The van der Waals surface area contributed by atoms with Gasteiger partial charge in [0.15, 0.2) is 0 Å². The fraction of sp³-hybridized carbons (Fsp3) is 0.500. The molecule has 19 heavy (non-hydrogen) atoms. The Bertz CT molecular complexity index is 504. The monoisotopic (exact) mass is 276 g/mol. The molecular formula is C16H21ClN2. The Hall–Kier alpha value is -1.15. The second-order valence-corrected chi connectivity index (χ2v) is 6.07. The molecule has 0 atom stereocenters. The molecule has 2 aliphatic rings. The van der Waals surface area contributed by atoms with E-state index >= 15 is 0 Å². The molecule has 1 aromatic rings. The number of nitrogen functional groups attached to an aromatic ring is 1. The first-order valence-corrected chi connectivity index (χ1v) is 7.65. The van der Waals surface area contributed by atoms with Gasteiger partial charge in [-0.3, -0.25) is 0 Å². The Morgan fingerprint density at radius 3 is 2.79 bits per heavy atom. The van der Waals surface area contributed by atoms with Crippen LogP contribution < -0.4 is 11.1 Å². The topological polar surface area (TPSA) is 38.0 Å². The van der Waals surface area contributed by atoms with Gasteiger partial charge < -0.3 is 11.1 Å². The van der Waals surface area contributed by atoms with Crippen LogP contribution in [0.1, 0.15) is 44.1 Å². The van der Waals surface area contributed by atoms with Crippen molar-refractivity contribution in [1.82, 2.24) is 0 Å². The largest absolute Gasteiger partial charge is 0.396 e. The lowest BCUT2D eigenvalue weighted by atomic mass is 9.93. The Labute approximate surface area is 120 Å². The van der Waals surface area contributed by atoms with Crippen molar-refractivity contribution in [1.29, 1.82) is 0 Å². The zero-order chi connectivity index (χ0) is 13.2. The van der Waals surface area contributed by atoms with Gasteiger partial charge in [-0.2, -0.15) is 0 Å². The molecule has 2 aliphatic carbocycles. The van der Waals surface area contributed by atoms with Crippen LogP contribution in [0.15, 0.2) is 18.2 Å². The first-order chi connectivity index (χ1) is 9.25. The number of benzene rings is 1. The fourth-order valence-corrected chi connectivity index (χ4v) is 2.94.